The predicted octanol–water partition coefficient (Wildman–Crippen LogP) is 5.43. The van der Waals surface area contributed by atoms with Crippen LogP contribution >= 0.6 is 0 Å². The van der Waals surface area contributed by atoms with Gasteiger partial charge in [-0.1, -0.05) is 25.1 Å². The second kappa shape index (κ2) is 6.09. The fourth-order valence-corrected chi connectivity index (χ4v) is 6.73. The third-order valence-corrected chi connectivity index (χ3v) is 8.69. The minimum atomic E-state index is 0.0984. The Bertz CT molecular complexity index is 1980. The lowest BCUT2D eigenvalue weighted by molar-refractivity contribution is 0.483. The summed E-state index contributed by atoms with van der Waals surface area (Å²) in [5, 5.41) is 2.53. The molecule has 0 amide bonds. The molecule has 0 saturated carbocycles. The van der Waals surface area contributed by atoms with Crippen LogP contribution in [0.25, 0.3) is 38.7 Å². The molecule has 2 aromatic heterocycles. The molecule has 0 bridgehead atoms. The maximum atomic E-state index is 6.70. The van der Waals surface area contributed by atoms with Crippen molar-refractivity contribution in [2.24, 2.45) is 0 Å². The normalized spacial score (nSPS) is 13.7. The first-order valence-electron chi connectivity index (χ1n) is 12.5. The Kier molecular flexibility index (Phi) is 3.40. The van der Waals surface area contributed by atoms with Gasteiger partial charge in [0.2, 0.25) is 0 Å². The lowest BCUT2D eigenvalue weighted by atomic mass is 9.34. The van der Waals surface area contributed by atoms with E-state index in [4.69, 9.17) is 14.1 Å². The number of nitrogens with zero attached hydrogens (tertiary/aromatic N) is 2. The van der Waals surface area contributed by atoms with Crippen LogP contribution in [0.2, 0.25) is 0 Å². The lowest BCUT2D eigenvalue weighted by Crippen LogP contribution is -2.57. The summed E-state index contributed by atoms with van der Waals surface area (Å²) in [6.07, 6.45) is 0.986. The summed E-state index contributed by atoms with van der Waals surface area (Å²) in [6, 6.07) is 11.3. The standard InChI is InChI=1S/C30H25BN2O2/c1-7-18-8-9-21-24-23(18)15(4)11-20-27(24)33-28-25-29(17(6)16(5)26(28)32-30(33)35-21)34-22-12-14(3)13(2)10-19(22)31(20)25/h8-12H,7H2,1-6H3. The number of fused-ring (bicyclic) bond motifs is 3. The number of benzene rings is 4. The third kappa shape index (κ3) is 2.10. The van der Waals surface area contributed by atoms with E-state index in [0.717, 1.165) is 45.7 Å². The number of imidazole rings is 1. The van der Waals surface area contributed by atoms with E-state index >= 15 is 0 Å². The summed E-state index contributed by atoms with van der Waals surface area (Å²) in [6.45, 7) is 13.2. The van der Waals surface area contributed by atoms with E-state index in [0.29, 0.717) is 5.84 Å². The van der Waals surface area contributed by atoms with Crippen molar-refractivity contribution in [1.82, 2.24) is 9.38 Å². The summed E-state index contributed by atoms with van der Waals surface area (Å²) in [4.78, 5) is 5.07. The Labute approximate surface area is 203 Å². The van der Waals surface area contributed by atoms with E-state index in [9.17, 15) is 0 Å². The Morgan fingerprint density at radius 1 is 0.857 bits per heavy atom. The number of aryl methyl sites for hydroxylation is 5. The number of aromatic nitrogens is 2. The summed E-state index contributed by atoms with van der Waals surface area (Å²) in [5.74, 6) is 2.61. The van der Waals surface area contributed by atoms with Crippen molar-refractivity contribution >= 4 is 61.9 Å². The molecule has 4 aromatic carbocycles. The van der Waals surface area contributed by atoms with Crippen molar-refractivity contribution in [2.75, 3.05) is 0 Å². The average molecular weight is 456 g/mol. The summed E-state index contributed by atoms with van der Waals surface area (Å²) >= 11 is 0. The van der Waals surface area contributed by atoms with E-state index < -0.39 is 0 Å². The molecule has 170 valence electrons. The van der Waals surface area contributed by atoms with Gasteiger partial charge in [0.15, 0.2) is 0 Å². The van der Waals surface area contributed by atoms with Crippen LogP contribution in [0.1, 0.15) is 40.3 Å². The molecule has 0 aliphatic carbocycles. The van der Waals surface area contributed by atoms with Crippen LogP contribution in [0.15, 0.2) is 34.7 Å². The number of ether oxygens (including phenoxy) is 1. The molecule has 0 unspecified atom stereocenters. The van der Waals surface area contributed by atoms with Crippen LogP contribution in [0, 0.1) is 34.6 Å². The van der Waals surface area contributed by atoms with Gasteiger partial charge in [-0.3, -0.25) is 4.40 Å². The molecule has 0 spiro atoms. The highest BCUT2D eigenvalue weighted by Crippen LogP contribution is 2.41. The zero-order valence-electron chi connectivity index (χ0n) is 20.9. The summed E-state index contributed by atoms with van der Waals surface area (Å²) in [5.41, 5.74) is 15.6. The van der Waals surface area contributed by atoms with E-state index in [2.05, 4.69) is 76.3 Å². The van der Waals surface area contributed by atoms with E-state index in [-0.39, 0.29) is 6.71 Å². The number of hydrogen-bond acceptors (Lipinski definition) is 3. The van der Waals surface area contributed by atoms with Gasteiger partial charge in [0.1, 0.15) is 17.1 Å². The minimum absolute atomic E-state index is 0.0984. The van der Waals surface area contributed by atoms with Crippen LogP contribution in [0.5, 0.6) is 11.5 Å². The van der Waals surface area contributed by atoms with Gasteiger partial charge in [0, 0.05) is 5.39 Å². The Hall–Kier alpha value is -3.73. The van der Waals surface area contributed by atoms with Gasteiger partial charge < -0.3 is 9.15 Å². The van der Waals surface area contributed by atoms with Crippen molar-refractivity contribution < 1.29 is 9.15 Å². The fourth-order valence-electron chi connectivity index (χ4n) is 6.73. The number of hydrogen-bond donors (Lipinski definition) is 0. The van der Waals surface area contributed by atoms with Crippen molar-refractivity contribution in [3.05, 3.63) is 63.7 Å². The first-order valence-corrected chi connectivity index (χ1v) is 12.5. The molecule has 6 aromatic rings. The van der Waals surface area contributed by atoms with Gasteiger partial charge >= 0.3 is 5.84 Å². The zero-order valence-corrected chi connectivity index (χ0v) is 20.9. The molecule has 4 nitrogen and oxygen atoms in total. The molecule has 0 fully saturated rings. The molecule has 0 N–H and O–H groups in total. The van der Waals surface area contributed by atoms with Gasteiger partial charge in [-0.15, -0.1) is 0 Å². The maximum Gasteiger partial charge on any atom is 0.307 e. The molecule has 5 heteroatoms. The van der Waals surface area contributed by atoms with Crippen LogP contribution in [-0.4, -0.2) is 16.1 Å². The highest BCUT2D eigenvalue weighted by atomic mass is 16.5. The second-order valence-electron chi connectivity index (χ2n) is 10.5. The van der Waals surface area contributed by atoms with Crippen LogP contribution in [0.4, 0.5) is 0 Å². The maximum absolute atomic E-state index is 6.70. The average Bonchev–Trinajstić information content (AvgIpc) is 3.23. The summed E-state index contributed by atoms with van der Waals surface area (Å²) < 4.78 is 15.5. The predicted molar refractivity (Wildman–Crippen MR) is 144 cm³/mol. The van der Waals surface area contributed by atoms with Gasteiger partial charge in [-0.05, 0) is 108 Å². The largest absolute Gasteiger partial charge is 0.458 e. The first-order chi connectivity index (χ1) is 16.9. The van der Waals surface area contributed by atoms with E-state index in [1.54, 1.807) is 0 Å². The highest BCUT2D eigenvalue weighted by molar-refractivity contribution is 7.00. The highest BCUT2D eigenvalue weighted by Gasteiger charge is 2.42. The van der Waals surface area contributed by atoms with Crippen molar-refractivity contribution in [1.29, 1.82) is 0 Å². The molecular weight excluding hydrogens is 431 g/mol. The van der Waals surface area contributed by atoms with Crippen molar-refractivity contribution in [3.8, 4) is 11.5 Å². The number of rotatable bonds is 1. The smallest absolute Gasteiger partial charge is 0.307 e. The topological polar surface area (TPSA) is 39.7 Å². The lowest BCUT2D eigenvalue weighted by Gasteiger charge is -2.33. The van der Waals surface area contributed by atoms with E-state index in [1.165, 1.54) is 54.9 Å². The fraction of sp³-hybridized carbons (Fsp3) is 0.233. The van der Waals surface area contributed by atoms with Crippen LogP contribution in [-0.2, 0) is 6.42 Å². The van der Waals surface area contributed by atoms with Gasteiger partial charge in [-0.2, -0.15) is 4.98 Å². The third-order valence-electron chi connectivity index (χ3n) is 8.69. The second-order valence-corrected chi connectivity index (χ2v) is 10.5. The zero-order chi connectivity index (χ0) is 23.9. The Morgan fingerprint density at radius 2 is 1.63 bits per heavy atom. The monoisotopic (exact) mass is 456 g/mol. The molecule has 2 aliphatic heterocycles. The molecule has 0 saturated heterocycles. The van der Waals surface area contributed by atoms with Gasteiger partial charge in [0.25, 0.3) is 6.71 Å². The first kappa shape index (κ1) is 19.6. The van der Waals surface area contributed by atoms with Gasteiger partial charge in [0.05, 0.1) is 16.6 Å². The molecule has 2 aliphatic rings. The van der Waals surface area contributed by atoms with Crippen molar-refractivity contribution in [2.45, 2.75) is 48.0 Å². The van der Waals surface area contributed by atoms with Gasteiger partial charge in [-0.25, -0.2) is 0 Å². The Morgan fingerprint density at radius 3 is 2.43 bits per heavy atom. The Balaban J connectivity index is 1.71. The molecule has 35 heavy (non-hydrogen) atoms. The molecule has 4 heterocycles. The molecule has 0 atom stereocenters. The van der Waals surface area contributed by atoms with Crippen LogP contribution < -0.4 is 21.1 Å². The summed E-state index contributed by atoms with van der Waals surface area (Å²) in [7, 11) is 0. The molecular formula is C30H25BN2O2. The molecule has 8 rings (SSSR count). The quantitative estimate of drug-likeness (QED) is 0.310. The van der Waals surface area contributed by atoms with Crippen LogP contribution in [0.3, 0.4) is 0 Å². The minimum Gasteiger partial charge on any atom is -0.458 e. The molecule has 0 radical (unpaired) electrons. The van der Waals surface area contributed by atoms with E-state index in [1.807, 2.05) is 0 Å². The van der Waals surface area contributed by atoms with Crippen molar-refractivity contribution in [3.63, 3.8) is 0 Å². The SMILES string of the molecule is CCc1ccc2oc3nc4c(C)c(C)c5c6c4n3c3c(cc(C)c1c23)B6c1cc(C)c(C)cc1O5.